The Morgan fingerprint density at radius 1 is 1.03 bits per heavy atom. The molecular formula is C26H33N3O5. The molecule has 0 aromatic heterocycles. The molecule has 182 valence electrons. The minimum Gasteiger partial charge on any atom is -0.444 e. The molecule has 1 fully saturated rings. The van der Waals surface area contributed by atoms with E-state index in [9.17, 15) is 19.5 Å². The third-order valence-corrected chi connectivity index (χ3v) is 5.32. The molecule has 0 aliphatic heterocycles. The Hall–Kier alpha value is -3.39. The highest BCUT2D eigenvalue weighted by atomic mass is 16.6. The van der Waals surface area contributed by atoms with Crippen LogP contribution < -0.4 is 10.6 Å². The molecule has 0 radical (unpaired) electrons. The minimum atomic E-state index is -1.23. The number of hydrogen-bond acceptors (Lipinski definition) is 5. The van der Waals surface area contributed by atoms with E-state index in [1.54, 1.807) is 32.9 Å². The summed E-state index contributed by atoms with van der Waals surface area (Å²) in [6.45, 7) is 4.83. The van der Waals surface area contributed by atoms with E-state index in [4.69, 9.17) is 4.74 Å². The summed E-state index contributed by atoms with van der Waals surface area (Å²) in [7, 11) is 0. The van der Waals surface area contributed by atoms with Crippen molar-refractivity contribution >= 4 is 17.9 Å². The zero-order valence-electron chi connectivity index (χ0n) is 19.9. The van der Waals surface area contributed by atoms with Crippen molar-refractivity contribution in [2.75, 3.05) is 6.61 Å². The van der Waals surface area contributed by atoms with E-state index >= 15 is 0 Å². The number of amides is 3. The van der Waals surface area contributed by atoms with E-state index in [2.05, 4.69) is 10.6 Å². The lowest BCUT2D eigenvalue weighted by Crippen LogP contribution is -2.55. The number of nitrogens with one attached hydrogen (secondary N) is 2. The fourth-order valence-electron chi connectivity index (χ4n) is 3.64. The molecule has 1 aliphatic carbocycles. The number of aliphatic hydroxyl groups excluding tert-OH is 1. The van der Waals surface area contributed by atoms with Gasteiger partial charge in [-0.15, -0.1) is 0 Å². The van der Waals surface area contributed by atoms with Crippen molar-refractivity contribution < 1.29 is 24.2 Å². The SMILES string of the molecule is CC(C)(C)OC(=O)NC(CO)C(=O)N(C1CC1)C(C(=O)NCc1ccccc1)c1ccccc1. The minimum absolute atomic E-state index is 0.158. The Bertz CT molecular complexity index is 971. The van der Waals surface area contributed by atoms with Crippen LogP contribution in [-0.4, -0.2) is 52.2 Å². The lowest BCUT2D eigenvalue weighted by Gasteiger charge is -2.34. The van der Waals surface area contributed by atoms with Gasteiger partial charge in [0.05, 0.1) is 6.61 Å². The van der Waals surface area contributed by atoms with Crippen LogP contribution in [0, 0.1) is 0 Å². The van der Waals surface area contributed by atoms with Gasteiger partial charge in [0.15, 0.2) is 0 Å². The maximum atomic E-state index is 13.6. The molecule has 0 bridgehead atoms. The number of aliphatic hydroxyl groups is 1. The molecule has 2 aromatic carbocycles. The molecule has 34 heavy (non-hydrogen) atoms. The van der Waals surface area contributed by atoms with Crippen molar-refractivity contribution in [2.45, 2.75) is 63.9 Å². The second-order valence-corrected chi connectivity index (χ2v) is 9.37. The molecule has 8 heteroatoms. The standard InChI is InChI=1S/C26H33N3O5/c1-26(2,3)34-25(33)28-21(17-30)24(32)29(20-14-15-20)22(19-12-8-5-9-13-19)23(31)27-16-18-10-6-4-7-11-18/h4-13,20-22,30H,14-17H2,1-3H3,(H,27,31)(H,28,33). The third kappa shape index (κ3) is 7.05. The Morgan fingerprint density at radius 3 is 2.15 bits per heavy atom. The average molecular weight is 468 g/mol. The van der Waals surface area contributed by atoms with Crippen LogP contribution in [0.25, 0.3) is 0 Å². The third-order valence-electron chi connectivity index (χ3n) is 5.32. The molecule has 0 heterocycles. The number of benzene rings is 2. The van der Waals surface area contributed by atoms with Gasteiger partial charge < -0.3 is 25.4 Å². The average Bonchev–Trinajstić information content (AvgIpc) is 3.64. The summed E-state index contributed by atoms with van der Waals surface area (Å²) < 4.78 is 5.24. The summed E-state index contributed by atoms with van der Waals surface area (Å²) in [5.41, 5.74) is 0.835. The molecule has 0 saturated heterocycles. The van der Waals surface area contributed by atoms with Crippen LogP contribution >= 0.6 is 0 Å². The van der Waals surface area contributed by atoms with Crippen LogP contribution in [-0.2, 0) is 20.9 Å². The first-order valence-electron chi connectivity index (χ1n) is 11.5. The summed E-state index contributed by atoms with van der Waals surface area (Å²) >= 11 is 0. The van der Waals surface area contributed by atoms with Gasteiger partial charge >= 0.3 is 6.09 Å². The molecule has 1 saturated carbocycles. The molecule has 2 unspecified atom stereocenters. The van der Waals surface area contributed by atoms with Crippen LogP contribution in [0.5, 0.6) is 0 Å². The molecule has 1 aliphatic rings. The van der Waals surface area contributed by atoms with E-state index in [-0.39, 0.29) is 11.9 Å². The first-order chi connectivity index (χ1) is 16.2. The summed E-state index contributed by atoms with van der Waals surface area (Å²) in [6, 6.07) is 16.3. The van der Waals surface area contributed by atoms with E-state index in [0.29, 0.717) is 12.1 Å². The predicted octanol–water partition coefficient (Wildman–Crippen LogP) is 2.92. The van der Waals surface area contributed by atoms with Gasteiger partial charge in [0, 0.05) is 12.6 Å². The molecule has 3 rings (SSSR count). The smallest absolute Gasteiger partial charge is 0.408 e. The maximum absolute atomic E-state index is 13.6. The lowest BCUT2D eigenvalue weighted by atomic mass is 10.0. The van der Waals surface area contributed by atoms with Gasteiger partial charge in [-0.1, -0.05) is 60.7 Å². The van der Waals surface area contributed by atoms with Crippen molar-refractivity contribution in [1.82, 2.24) is 15.5 Å². The maximum Gasteiger partial charge on any atom is 0.408 e. The fourth-order valence-corrected chi connectivity index (χ4v) is 3.64. The number of nitrogens with zero attached hydrogens (tertiary/aromatic N) is 1. The molecule has 3 N–H and O–H groups in total. The largest absolute Gasteiger partial charge is 0.444 e. The number of alkyl carbamates (subject to hydrolysis) is 1. The van der Waals surface area contributed by atoms with Crippen LogP contribution in [0.1, 0.15) is 50.8 Å². The molecule has 2 aromatic rings. The molecule has 0 spiro atoms. The van der Waals surface area contributed by atoms with Crippen LogP contribution in [0.4, 0.5) is 4.79 Å². The second kappa shape index (κ2) is 11.2. The monoisotopic (exact) mass is 467 g/mol. The highest BCUT2D eigenvalue weighted by Gasteiger charge is 2.43. The number of carbonyl (C=O) groups is 3. The highest BCUT2D eigenvalue weighted by molar-refractivity contribution is 5.92. The quantitative estimate of drug-likeness (QED) is 0.526. The normalized spacial score (nSPS) is 15.1. The van der Waals surface area contributed by atoms with Crippen molar-refractivity contribution in [3.63, 3.8) is 0 Å². The Balaban J connectivity index is 1.84. The van der Waals surface area contributed by atoms with E-state index in [1.807, 2.05) is 48.5 Å². The first-order valence-corrected chi connectivity index (χ1v) is 11.5. The van der Waals surface area contributed by atoms with E-state index < -0.39 is 36.3 Å². The topological polar surface area (TPSA) is 108 Å². The van der Waals surface area contributed by atoms with Gasteiger partial charge in [-0.05, 0) is 44.7 Å². The number of ether oxygens (including phenoxy) is 1. The van der Waals surface area contributed by atoms with Gasteiger partial charge in [-0.25, -0.2) is 4.79 Å². The van der Waals surface area contributed by atoms with Crippen LogP contribution in [0.2, 0.25) is 0 Å². The van der Waals surface area contributed by atoms with Gasteiger partial charge in [0.1, 0.15) is 17.7 Å². The highest BCUT2D eigenvalue weighted by Crippen LogP contribution is 2.35. The zero-order valence-corrected chi connectivity index (χ0v) is 19.9. The Morgan fingerprint density at radius 2 is 1.62 bits per heavy atom. The number of hydrogen-bond donors (Lipinski definition) is 3. The number of rotatable bonds is 9. The summed E-state index contributed by atoms with van der Waals surface area (Å²) in [6.07, 6.45) is 0.678. The Labute approximate surface area is 200 Å². The summed E-state index contributed by atoms with van der Waals surface area (Å²) in [5, 5.41) is 15.3. The van der Waals surface area contributed by atoms with Crippen LogP contribution in [0.15, 0.2) is 60.7 Å². The van der Waals surface area contributed by atoms with Crippen molar-refractivity contribution in [2.24, 2.45) is 0 Å². The van der Waals surface area contributed by atoms with Gasteiger partial charge in [-0.2, -0.15) is 0 Å². The molecule has 3 amide bonds. The molecule has 2 atom stereocenters. The zero-order chi connectivity index (χ0) is 24.7. The second-order valence-electron chi connectivity index (χ2n) is 9.37. The van der Waals surface area contributed by atoms with E-state index in [1.165, 1.54) is 4.90 Å². The predicted molar refractivity (Wildman–Crippen MR) is 128 cm³/mol. The number of carbonyl (C=O) groups excluding carboxylic acids is 3. The van der Waals surface area contributed by atoms with Crippen molar-refractivity contribution in [3.8, 4) is 0 Å². The van der Waals surface area contributed by atoms with Crippen molar-refractivity contribution in [1.29, 1.82) is 0 Å². The van der Waals surface area contributed by atoms with Crippen LogP contribution in [0.3, 0.4) is 0 Å². The van der Waals surface area contributed by atoms with E-state index in [0.717, 1.165) is 18.4 Å². The summed E-state index contributed by atoms with van der Waals surface area (Å²) in [4.78, 5) is 40.8. The Kier molecular flexibility index (Phi) is 8.28. The lowest BCUT2D eigenvalue weighted by molar-refractivity contribution is -0.144. The van der Waals surface area contributed by atoms with Gasteiger partial charge in [-0.3, -0.25) is 9.59 Å². The van der Waals surface area contributed by atoms with Gasteiger partial charge in [0.2, 0.25) is 11.8 Å². The van der Waals surface area contributed by atoms with Crippen molar-refractivity contribution in [3.05, 3.63) is 71.8 Å². The fraction of sp³-hybridized carbons (Fsp3) is 0.423. The molecular weight excluding hydrogens is 434 g/mol. The first kappa shape index (κ1) is 25.2. The summed E-state index contributed by atoms with van der Waals surface area (Å²) in [5.74, 6) is -0.858. The molecule has 8 nitrogen and oxygen atoms in total. The van der Waals surface area contributed by atoms with Gasteiger partial charge in [0.25, 0.3) is 0 Å².